The van der Waals surface area contributed by atoms with Crippen LogP contribution in [0, 0.1) is 0 Å². The van der Waals surface area contributed by atoms with E-state index in [1.54, 1.807) is 13.8 Å². The van der Waals surface area contributed by atoms with Crippen LogP contribution in [0.4, 0.5) is 0 Å². The second kappa shape index (κ2) is 9.34. The maximum absolute atomic E-state index is 12.6. The molecule has 1 unspecified atom stereocenters. The van der Waals surface area contributed by atoms with Crippen molar-refractivity contribution in [3.63, 3.8) is 0 Å². The average Bonchev–Trinajstić information content (AvgIpc) is 2.27. The van der Waals surface area contributed by atoms with Crippen LogP contribution >= 0.6 is 31.6 Å². The summed E-state index contributed by atoms with van der Waals surface area (Å²) in [5.41, 5.74) is 0. The van der Waals surface area contributed by atoms with Gasteiger partial charge >= 0.3 is 7.60 Å². The molecule has 0 saturated heterocycles. The van der Waals surface area contributed by atoms with E-state index in [0.717, 1.165) is 13.0 Å². The molecule has 0 aromatic carbocycles. The van der Waals surface area contributed by atoms with Crippen LogP contribution in [0.2, 0.25) is 0 Å². The predicted molar refractivity (Wildman–Crippen MR) is 79.1 cm³/mol. The van der Waals surface area contributed by atoms with Gasteiger partial charge in [-0.1, -0.05) is 19.1 Å². The predicted octanol–water partition coefficient (Wildman–Crippen LogP) is 3.27. The topological polar surface area (TPSA) is 47.6 Å². The Kier molecular flexibility index (Phi) is 9.55. The molecule has 17 heavy (non-hydrogen) atoms. The second-order valence-corrected chi connectivity index (χ2v) is 7.10. The molecule has 1 N–H and O–H groups in total. The van der Waals surface area contributed by atoms with E-state index in [4.69, 9.17) is 21.3 Å². The van der Waals surface area contributed by atoms with Crippen LogP contribution in [0.15, 0.2) is 0 Å². The summed E-state index contributed by atoms with van der Waals surface area (Å²) in [5, 5.41) is 3.08. The zero-order chi connectivity index (χ0) is 13.3. The Balaban J connectivity index is 4.77. The highest BCUT2D eigenvalue weighted by atomic mass is 32.2. The first-order valence-electron chi connectivity index (χ1n) is 5.74. The molecule has 1 atom stereocenters. The summed E-state index contributed by atoms with van der Waals surface area (Å²) in [6.07, 6.45) is 2.82. The second-order valence-electron chi connectivity index (χ2n) is 3.25. The van der Waals surface area contributed by atoms with E-state index in [1.807, 2.05) is 13.2 Å². The van der Waals surface area contributed by atoms with E-state index in [2.05, 4.69) is 5.32 Å². The summed E-state index contributed by atoms with van der Waals surface area (Å²) in [7, 11) is -3.17. The maximum Gasteiger partial charge on any atom is 0.350 e. The molecular formula is C10H22NO3PS2. The average molecular weight is 299 g/mol. The third kappa shape index (κ3) is 5.71. The first-order chi connectivity index (χ1) is 8.05. The fourth-order valence-corrected chi connectivity index (χ4v) is 5.16. The number of hydrogen-bond acceptors (Lipinski definition) is 5. The van der Waals surface area contributed by atoms with Gasteiger partial charge in [-0.05, 0) is 26.5 Å². The summed E-state index contributed by atoms with van der Waals surface area (Å²) < 4.78 is 23.2. The van der Waals surface area contributed by atoms with Crippen LogP contribution in [0.5, 0.6) is 0 Å². The molecule has 0 aliphatic rings. The van der Waals surface area contributed by atoms with E-state index >= 15 is 0 Å². The molecular weight excluding hydrogens is 277 g/mol. The van der Waals surface area contributed by atoms with Gasteiger partial charge in [-0.3, -0.25) is 4.57 Å². The molecule has 0 aliphatic heterocycles. The van der Waals surface area contributed by atoms with Gasteiger partial charge in [-0.15, -0.1) is 11.8 Å². The Morgan fingerprint density at radius 1 is 1.35 bits per heavy atom. The van der Waals surface area contributed by atoms with Gasteiger partial charge < -0.3 is 14.4 Å². The molecule has 0 saturated carbocycles. The lowest BCUT2D eigenvalue weighted by molar-refractivity contribution is 0.221. The third-order valence-electron chi connectivity index (χ3n) is 1.90. The lowest BCUT2D eigenvalue weighted by Gasteiger charge is -2.25. The molecule has 0 fully saturated rings. The third-order valence-corrected chi connectivity index (χ3v) is 6.76. The van der Waals surface area contributed by atoms with E-state index in [9.17, 15) is 4.57 Å². The van der Waals surface area contributed by atoms with Crippen molar-refractivity contribution in [3.05, 3.63) is 0 Å². The van der Waals surface area contributed by atoms with Crippen LogP contribution in [0.3, 0.4) is 0 Å². The summed E-state index contributed by atoms with van der Waals surface area (Å²) >= 11 is 6.65. The highest BCUT2D eigenvalue weighted by Crippen LogP contribution is 2.56. The SMILES string of the molecule is CCCNC(=S)C(SC)P(=O)(OCC)OCC. The first kappa shape index (κ1) is 17.4. The van der Waals surface area contributed by atoms with E-state index in [1.165, 1.54) is 11.8 Å². The van der Waals surface area contributed by atoms with Crippen LogP contribution in [-0.2, 0) is 13.6 Å². The van der Waals surface area contributed by atoms with Crippen molar-refractivity contribution in [2.45, 2.75) is 32.2 Å². The number of rotatable bonds is 9. The highest BCUT2D eigenvalue weighted by Gasteiger charge is 2.38. The monoisotopic (exact) mass is 299 g/mol. The molecule has 0 rings (SSSR count). The van der Waals surface area contributed by atoms with Gasteiger partial charge in [0.25, 0.3) is 0 Å². The Hall–Kier alpha value is 0.390. The molecule has 0 heterocycles. The van der Waals surface area contributed by atoms with Gasteiger partial charge in [0, 0.05) is 6.54 Å². The molecule has 0 spiro atoms. The minimum Gasteiger partial charge on any atom is -0.378 e. The molecule has 7 heteroatoms. The number of hydrogen-bond donors (Lipinski definition) is 1. The van der Waals surface area contributed by atoms with Gasteiger partial charge in [0.1, 0.15) is 4.99 Å². The quantitative estimate of drug-likeness (QED) is 0.521. The summed E-state index contributed by atoms with van der Waals surface area (Å²) in [4.78, 5) is 0.119. The first-order valence-corrected chi connectivity index (χ1v) is 9.05. The van der Waals surface area contributed by atoms with Gasteiger partial charge in [-0.25, -0.2) is 0 Å². The van der Waals surface area contributed by atoms with Crippen molar-refractivity contribution < 1.29 is 13.6 Å². The molecule has 102 valence electrons. The van der Waals surface area contributed by atoms with E-state index in [0.29, 0.717) is 18.2 Å². The standard InChI is InChI=1S/C10H22NO3PS2/c1-5-8-11-9(16)10(17-4)15(12,13-6-2)14-7-3/h10H,5-8H2,1-4H3,(H,11,16). The summed E-state index contributed by atoms with van der Waals surface area (Å²) in [6.45, 7) is 7.12. The Morgan fingerprint density at radius 3 is 2.24 bits per heavy atom. The molecule has 0 aromatic heterocycles. The van der Waals surface area contributed by atoms with Gasteiger partial charge in [0.2, 0.25) is 0 Å². The number of thiocarbonyl (C=S) groups is 1. The highest BCUT2D eigenvalue weighted by molar-refractivity contribution is 8.07. The van der Waals surface area contributed by atoms with Crippen molar-refractivity contribution in [1.82, 2.24) is 5.32 Å². The number of nitrogens with one attached hydrogen (secondary N) is 1. The normalized spacial score (nSPS) is 13.4. The fourth-order valence-electron chi connectivity index (χ4n) is 1.25. The Morgan fingerprint density at radius 2 is 1.88 bits per heavy atom. The van der Waals surface area contributed by atoms with Crippen LogP contribution in [0.1, 0.15) is 27.2 Å². The van der Waals surface area contributed by atoms with Crippen LogP contribution in [0.25, 0.3) is 0 Å². The van der Waals surface area contributed by atoms with Crippen molar-refractivity contribution >= 4 is 36.6 Å². The van der Waals surface area contributed by atoms with E-state index in [-0.39, 0.29) is 0 Å². The lowest BCUT2D eigenvalue weighted by atomic mass is 10.5. The van der Waals surface area contributed by atoms with Crippen LogP contribution < -0.4 is 5.32 Å². The van der Waals surface area contributed by atoms with Gasteiger partial charge in [0.05, 0.1) is 13.2 Å². The van der Waals surface area contributed by atoms with Crippen molar-refractivity contribution in [1.29, 1.82) is 0 Å². The largest absolute Gasteiger partial charge is 0.378 e. The molecule has 0 bridgehead atoms. The van der Waals surface area contributed by atoms with Gasteiger partial charge in [-0.2, -0.15) is 0 Å². The van der Waals surface area contributed by atoms with Crippen molar-refractivity contribution in [2.75, 3.05) is 26.0 Å². The summed E-state index contributed by atoms with van der Waals surface area (Å²) in [5.74, 6) is 0. The number of thioether (sulfide) groups is 1. The molecule has 0 radical (unpaired) electrons. The molecule has 4 nitrogen and oxygen atoms in total. The summed E-state index contributed by atoms with van der Waals surface area (Å²) in [6, 6.07) is 0. The molecule has 0 aliphatic carbocycles. The van der Waals surface area contributed by atoms with Crippen molar-refractivity contribution in [3.8, 4) is 0 Å². The minimum absolute atomic E-state index is 0.352. The zero-order valence-corrected chi connectivity index (χ0v) is 13.4. The van der Waals surface area contributed by atoms with E-state index < -0.39 is 12.6 Å². The van der Waals surface area contributed by atoms with Crippen LogP contribution in [-0.4, -0.2) is 36.0 Å². The zero-order valence-electron chi connectivity index (χ0n) is 10.9. The maximum atomic E-state index is 12.6. The Labute approximate surface area is 114 Å². The fraction of sp³-hybridized carbons (Fsp3) is 0.900. The Bertz CT molecular complexity index is 266. The smallest absolute Gasteiger partial charge is 0.350 e. The lowest BCUT2D eigenvalue weighted by Crippen LogP contribution is -2.32. The molecule has 0 amide bonds. The van der Waals surface area contributed by atoms with Crippen molar-refractivity contribution in [2.24, 2.45) is 0 Å². The van der Waals surface area contributed by atoms with Gasteiger partial charge in [0.15, 0.2) is 4.99 Å². The molecule has 0 aromatic rings. The minimum atomic E-state index is -3.17.